The average molecular weight is 348 g/mol. The maximum atomic E-state index is 11.4. The van der Waals surface area contributed by atoms with Crippen LogP contribution >= 0.6 is 34.7 Å². The van der Waals surface area contributed by atoms with Crippen LogP contribution in [0.1, 0.15) is 10.1 Å². The molecule has 1 aromatic carbocycles. The second-order valence-corrected chi connectivity index (χ2v) is 9.27. The quantitative estimate of drug-likeness (QED) is 0.839. The van der Waals surface area contributed by atoms with Crippen LogP contribution in [0.4, 0.5) is 0 Å². The van der Waals surface area contributed by atoms with Crippen molar-refractivity contribution in [2.45, 2.75) is 15.0 Å². The van der Waals surface area contributed by atoms with Crippen molar-refractivity contribution >= 4 is 44.5 Å². The molecule has 7 heteroatoms. The van der Waals surface area contributed by atoms with Gasteiger partial charge in [-0.15, -0.1) is 23.1 Å². The average Bonchev–Trinajstić information content (AvgIpc) is 2.82. The zero-order valence-corrected chi connectivity index (χ0v) is 14.0. The summed E-state index contributed by atoms with van der Waals surface area (Å²) in [7, 11) is -3.15. The number of nitrogens with two attached hydrogens (primary N) is 1. The Morgan fingerprint density at radius 2 is 1.90 bits per heavy atom. The third-order valence-electron chi connectivity index (χ3n) is 2.66. The summed E-state index contributed by atoms with van der Waals surface area (Å²) in [5.41, 5.74) is 5.81. The molecule has 0 bridgehead atoms. The SMILES string of the molecule is CS(=O)(=O)c1ccc(SC(CN)c2ccc(Cl)s2)cc1. The Morgan fingerprint density at radius 3 is 2.35 bits per heavy atom. The van der Waals surface area contributed by atoms with Crippen LogP contribution in [0, 0.1) is 0 Å². The van der Waals surface area contributed by atoms with Gasteiger partial charge >= 0.3 is 0 Å². The third kappa shape index (κ3) is 3.99. The van der Waals surface area contributed by atoms with Crippen molar-refractivity contribution in [3.63, 3.8) is 0 Å². The molecule has 1 unspecified atom stereocenters. The Morgan fingerprint density at radius 1 is 1.25 bits per heavy atom. The molecule has 2 N–H and O–H groups in total. The van der Waals surface area contributed by atoms with Gasteiger partial charge in [0.05, 0.1) is 14.5 Å². The second kappa shape index (κ2) is 6.49. The number of hydrogen-bond donors (Lipinski definition) is 1. The summed E-state index contributed by atoms with van der Waals surface area (Å²) in [4.78, 5) is 2.43. The Bertz CT molecular complexity index is 680. The van der Waals surface area contributed by atoms with Crippen molar-refractivity contribution in [3.05, 3.63) is 45.6 Å². The highest BCUT2D eigenvalue weighted by Crippen LogP contribution is 2.39. The summed E-state index contributed by atoms with van der Waals surface area (Å²) in [6.07, 6.45) is 1.20. The Labute approximate surface area is 132 Å². The maximum absolute atomic E-state index is 11.4. The number of halogens is 1. The second-order valence-electron chi connectivity index (χ2n) is 4.23. The molecule has 1 atom stereocenters. The van der Waals surface area contributed by atoms with Gasteiger partial charge in [-0.2, -0.15) is 0 Å². The number of rotatable bonds is 5. The molecule has 0 aliphatic rings. The molecule has 0 radical (unpaired) electrons. The van der Waals surface area contributed by atoms with Crippen LogP contribution in [-0.4, -0.2) is 21.2 Å². The van der Waals surface area contributed by atoms with Crippen molar-refractivity contribution in [2.75, 3.05) is 12.8 Å². The molecule has 1 heterocycles. The smallest absolute Gasteiger partial charge is 0.175 e. The van der Waals surface area contributed by atoms with Crippen molar-refractivity contribution in [1.82, 2.24) is 0 Å². The fourth-order valence-corrected chi connectivity index (χ4v) is 4.54. The van der Waals surface area contributed by atoms with Crippen molar-refractivity contribution < 1.29 is 8.42 Å². The summed E-state index contributed by atoms with van der Waals surface area (Å²) >= 11 is 9.06. The zero-order valence-electron chi connectivity index (χ0n) is 10.7. The van der Waals surface area contributed by atoms with E-state index in [0.29, 0.717) is 11.4 Å². The van der Waals surface area contributed by atoms with E-state index in [4.69, 9.17) is 17.3 Å². The third-order valence-corrected chi connectivity index (χ3v) is 6.55. The van der Waals surface area contributed by atoms with Crippen molar-refractivity contribution in [3.8, 4) is 0 Å². The molecule has 20 heavy (non-hydrogen) atoms. The van der Waals surface area contributed by atoms with E-state index in [1.807, 2.05) is 12.1 Å². The zero-order chi connectivity index (χ0) is 14.8. The van der Waals surface area contributed by atoms with E-state index in [2.05, 4.69) is 0 Å². The topological polar surface area (TPSA) is 60.2 Å². The number of sulfone groups is 1. The molecule has 108 valence electrons. The first-order valence-electron chi connectivity index (χ1n) is 5.82. The summed E-state index contributed by atoms with van der Waals surface area (Å²) in [6.45, 7) is 0.495. The highest BCUT2D eigenvalue weighted by atomic mass is 35.5. The minimum absolute atomic E-state index is 0.122. The van der Waals surface area contributed by atoms with Gasteiger partial charge in [0.2, 0.25) is 0 Å². The lowest BCUT2D eigenvalue weighted by atomic mass is 10.3. The molecule has 0 saturated carbocycles. The molecule has 3 nitrogen and oxygen atoms in total. The van der Waals surface area contributed by atoms with Gasteiger partial charge in [0.25, 0.3) is 0 Å². The van der Waals surface area contributed by atoms with Gasteiger partial charge < -0.3 is 5.73 Å². The molecule has 0 amide bonds. The Kier molecular flexibility index (Phi) is 5.14. The van der Waals surface area contributed by atoms with Crippen LogP contribution in [-0.2, 0) is 9.84 Å². The minimum Gasteiger partial charge on any atom is -0.329 e. The predicted molar refractivity (Wildman–Crippen MR) is 86.5 cm³/mol. The minimum atomic E-state index is -3.15. The largest absolute Gasteiger partial charge is 0.329 e. The van der Waals surface area contributed by atoms with Crippen LogP contribution in [0.15, 0.2) is 46.2 Å². The Balaban J connectivity index is 2.16. The molecule has 0 saturated heterocycles. The van der Waals surface area contributed by atoms with Crippen LogP contribution in [0.25, 0.3) is 0 Å². The lowest BCUT2D eigenvalue weighted by Crippen LogP contribution is -2.07. The maximum Gasteiger partial charge on any atom is 0.175 e. The molecular weight excluding hydrogens is 334 g/mol. The van der Waals surface area contributed by atoms with E-state index in [9.17, 15) is 8.42 Å². The summed E-state index contributed by atoms with van der Waals surface area (Å²) < 4.78 is 23.6. The van der Waals surface area contributed by atoms with Gasteiger partial charge in [0, 0.05) is 22.6 Å². The summed E-state index contributed by atoms with van der Waals surface area (Å²) in [5, 5.41) is 0.122. The molecule has 0 aliphatic heterocycles. The van der Waals surface area contributed by atoms with Gasteiger partial charge in [-0.25, -0.2) is 8.42 Å². The van der Waals surface area contributed by atoms with Crippen LogP contribution in [0.5, 0.6) is 0 Å². The van der Waals surface area contributed by atoms with E-state index >= 15 is 0 Å². The normalized spacial score (nSPS) is 13.3. The highest BCUT2D eigenvalue weighted by Gasteiger charge is 2.14. The van der Waals surface area contributed by atoms with Crippen molar-refractivity contribution in [1.29, 1.82) is 0 Å². The monoisotopic (exact) mass is 347 g/mol. The van der Waals surface area contributed by atoms with E-state index in [0.717, 1.165) is 14.1 Å². The fraction of sp³-hybridized carbons (Fsp3) is 0.231. The molecular formula is C13H14ClNO2S3. The van der Waals surface area contributed by atoms with Crippen molar-refractivity contribution in [2.24, 2.45) is 5.73 Å². The number of thioether (sulfide) groups is 1. The summed E-state index contributed by atoms with van der Waals surface area (Å²) in [6, 6.07) is 10.7. The molecule has 2 aromatic rings. The van der Waals surface area contributed by atoms with E-state index in [1.54, 1.807) is 36.0 Å². The Hall–Kier alpha value is -0.530. The van der Waals surface area contributed by atoms with Crippen LogP contribution in [0.3, 0.4) is 0 Å². The lowest BCUT2D eigenvalue weighted by molar-refractivity contribution is 0.602. The fourth-order valence-electron chi connectivity index (χ4n) is 1.65. The summed E-state index contributed by atoms with van der Waals surface area (Å²) in [5.74, 6) is 0. The van der Waals surface area contributed by atoms with Gasteiger partial charge in [-0.1, -0.05) is 11.6 Å². The first kappa shape index (κ1) is 15.9. The van der Waals surface area contributed by atoms with Gasteiger partial charge in [0.1, 0.15) is 0 Å². The lowest BCUT2D eigenvalue weighted by Gasteiger charge is -2.12. The predicted octanol–water partition coefficient (Wildman–Crippen LogP) is 3.60. The van der Waals surface area contributed by atoms with E-state index < -0.39 is 9.84 Å². The van der Waals surface area contributed by atoms with E-state index in [-0.39, 0.29) is 5.25 Å². The van der Waals surface area contributed by atoms with Gasteiger partial charge in [-0.05, 0) is 36.4 Å². The first-order chi connectivity index (χ1) is 9.40. The van der Waals surface area contributed by atoms with Gasteiger partial charge in [-0.3, -0.25) is 0 Å². The van der Waals surface area contributed by atoms with Crippen LogP contribution < -0.4 is 5.73 Å². The number of benzene rings is 1. The van der Waals surface area contributed by atoms with Gasteiger partial charge in [0.15, 0.2) is 9.84 Å². The standard InChI is InChI=1S/C13H14ClNO2S3/c1-20(16,17)10-4-2-9(3-5-10)18-12(8-15)11-6-7-13(14)19-11/h2-7,12H,8,15H2,1H3. The van der Waals surface area contributed by atoms with Crippen LogP contribution in [0.2, 0.25) is 4.34 Å². The molecule has 1 aromatic heterocycles. The first-order valence-corrected chi connectivity index (χ1v) is 9.79. The van der Waals surface area contributed by atoms with E-state index in [1.165, 1.54) is 17.6 Å². The number of thiophene rings is 1. The highest BCUT2D eigenvalue weighted by molar-refractivity contribution is 7.99. The molecule has 2 rings (SSSR count). The molecule has 0 aliphatic carbocycles. The number of hydrogen-bond acceptors (Lipinski definition) is 5. The molecule has 0 fully saturated rings. The molecule has 0 spiro atoms.